The van der Waals surface area contributed by atoms with Crippen LogP contribution in [-0.4, -0.2) is 20.9 Å². The summed E-state index contributed by atoms with van der Waals surface area (Å²) >= 11 is 0. The zero-order valence-corrected chi connectivity index (χ0v) is 17.9. The zero-order valence-electron chi connectivity index (χ0n) is 17.1. The van der Waals surface area contributed by atoms with E-state index in [-0.39, 0.29) is 10.8 Å². The number of carbonyl (C=O) groups is 1. The van der Waals surface area contributed by atoms with Gasteiger partial charge in [-0.25, -0.2) is 8.42 Å². The molecule has 1 aliphatic rings. The Balaban J connectivity index is 1.66. The summed E-state index contributed by atoms with van der Waals surface area (Å²) in [4.78, 5) is 14.9. The van der Waals surface area contributed by atoms with Crippen LogP contribution in [0.4, 0.5) is 11.4 Å². The topological polar surface area (TPSA) is 66.5 Å². The van der Waals surface area contributed by atoms with Crippen LogP contribution in [0, 0.1) is 13.8 Å². The highest BCUT2D eigenvalue weighted by Gasteiger charge is 2.26. The van der Waals surface area contributed by atoms with Crippen LogP contribution >= 0.6 is 0 Å². The lowest BCUT2D eigenvalue weighted by Gasteiger charge is -2.30. The minimum absolute atomic E-state index is 0.0687. The maximum atomic E-state index is 13.0. The van der Waals surface area contributed by atoms with Crippen molar-refractivity contribution in [3.05, 3.63) is 89.0 Å². The number of sulfonamides is 1. The van der Waals surface area contributed by atoms with E-state index in [1.165, 1.54) is 0 Å². The van der Waals surface area contributed by atoms with E-state index >= 15 is 0 Å². The first-order chi connectivity index (χ1) is 14.4. The molecule has 0 saturated carbocycles. The number of hydrogen-bond acceptors (Lipinski definition) is 3. The summed E-state index contributed by atoms with van der Waals surface area (Å²) in [7, 11) is -3.74. The van der Waals surface area contributed by atoms with Crippen molar-refractivity contribution in [3.63, 3.8) is 0 Å². The third kappa shape index (κ3) is 3.83. The van der Waals surface area contributed by atoms with Gasteiger partial charge < -0.3 is 4.90 Å². The van der Waals surface area contributed by atoms with Gasteiger partial charge >= 0.3 is 0 Å². The first-order valence-electron chi connectivity index (χ1n) is 9.96. The molecule has 0 bridgehead atoms. The SMILES string of the molecule is Cc1cccc(C)c1NS(=O)(=O)c1ccc2c(c1)CCCN2C(=O)c1ccccc1. The van der Waals surface area contributed by atoms with Crippen molar-refractivity contribution in [3.8, 4) is 0 Å². The van der Waals surface area contributed by atoms with Gasteiger partial charge in [-0.1, -0.05) is 36.4 Å². The number of rotatable bonds is 4. The van der Waals surface area contributed by atoms with Crippen LogP contribution in [0.25, 0.3) is 0 Å². The normalized spacial score (nSPS) is 13.6. The zero-order chi connectivity index (χ0) is 21.3. The number of anilines is 2. The van der Waals surface area contributed by atoms with Crippen molar-refractivity contribution in [2.24, 2.45) is 0 Å². The molecule has 3 aromatic rings. The highest BCUT2D eigenvalue weighted by atomic mass is 32.2. The molecule has 6 heteroatoms. The fourth-order valence-corrected chi connectivity index (χ4v) is 5.11. The molecule has 3 aromatic carbocycles. The molecular formula is C24H24N2O3S. The maximum absolute atomic E-state index is 13.0. The molecule has 0 saturated heterocycles. The van der Waals surface area contributed by atoms with E-state index in [2.05, 4.69) is 4.72 Å². The predicted octanol–water partition coefficient (Wildman–Crippen LogP) is 4.70. The maximum Gasteiger partial charge on any atom is 0.261 e. The van der Waals surface area contributed by atoms with E-state index in [1.807, 2.05) is 50.2 Å². The molecule has 0 atom stereocenters. The summed E-state index contributed by atoms with van der Waals surface area (Å²) in [6.45, 7) is 4.38. The number of fused-ring (bicyclic) bond motifs is 1. The lowest BCUT2D eigenvalue weighted by atomic mass is 10.0. The Hall–Kier alpha value is -3.12. The lowest BCUT2D eigenvalue weighted by molar-refractivity contribution is 0.0985. The Kier molecular flexibility index (Phi) is 5.35. The van der Waals surface area contributed by atoms with Crippen molar-refractivity contribution in [1.82, 2.24) is 0 Å². The van der Waals surface area contributed by atoms with Gasteiger partial charge in [0.05, 0.1) is 10.6 Å². The molecule has 154 valence electrons. The lowest BCUT2D eigenvalue weighted by Crippen LogP contribution is -2.35. The smallest absolute Gasteiger partial charge is 0.261 e. The van der Waals surface area contributed by atoms with Gasteiger partial charge in [0, 0.05) is 17.8 Å². The van der Waals surface area contributed by atoms with E-state index in [4.69, 9.17) is 0 Å². The van der Waals surface area contributed by atoms with Gasteiger partial charge in [0.25, 0.3) is 15.9 Å². The second-order valence-electron chi connectivity index (χ2n) is 7.59. The summed E-state index contributed by atoms with van der Waals surface area (Å²) in [6.07, 6.45) is 1.53. The third-order valence-corrected chi connectivity index (χ3v) is 6.81. The van der Waals surface area contributed by atoms with E-state index in [0.717, 1.165) is 35.2 Å². The predicted molar refractivity (Wildman–Crippen MR) is 120 cm³/mol. The Morgan fingerprint density at radius 3 is 2.33 bits per heavy atom. The molecule has 0 radical (unpaired) electrons. The number of para-hydroxylation sites is 1. The van der Waals surface area contributed by atoms with E-state index < -0.39 is 10.0 Å². The van der Waals surface area contributed by atoms with Crippen LogP contribution in [-0.2, 0) is 16.4 Å². The first-order valence-corrected chi connectivity index (χ1v) is 11.4. The van der Waals surface area contributed by atoms with Gasteiger partial charge in [-0.15, -0.1) is 0 Å². The number of hydrogen-bond donors (Lipinski definition) is 1. The van der Waals surface area contributed by atoms with Crippen molar-refractivity contribution >= 4 is 27.3 Å². The van der Waals surface area contributed by atoms with Crippen LogP contribution in [0.15, 0.2) is 71.6 Å². The van der Waals surface area contributed by atoms with Gasteiger partial charge in [0.2, 0.25) is 0 Å². The second kappa shape index (κ2) is 7.95. The van der Waals surface area contributed by atoms with E-state index in [1.54, 1.807) is 35.2 Å². The van der Waals surface area contributed by atoms with Crippen molar-refractivity contribution < 1.29 is 13.2 Å². The van der Waals surface area contributed by atoms with Gasteiger partial charge in [-0.3, -0.25) is 9.52 Å². The average molecular weight is 421 g/mol. The number of amides is 1. The summed E-state index contributed by atoms with van der Waals surface area (Å²) < 4.78 is 28.8. The third-order valence-electron chi connectivity index (χ3n) is 5.46. The van der Waals surface area contributed by atoms with Crippen LogP contribution in [0.1, 0.15) is 33.5 Å². The molecule has 1 N–H and O–H groups in total. The molecule has 0 aromatic heterocycles. The first kappa shape index (κ1) is 20.2. The molecular weight excluding hydrogens is 396 g/mol. The molecule has 1 amide bonds. The Morgan fingerprint density at radius 1 is 0.933 bits per heavy atom. The van der Waals surface area contributed by atoms with Crippen molar-refractivity contribution in [1.29, 1.82) is 0 Å². The fourth-order valence-electron chi connectivity index (χ4n) is 3.86. The quantitative estimate of drug-likeness (QED) is 0.665. The van der Waals surface area contributed by atoms with Gasteiger partial charge in [0.15, 0.2) is 0 Å². The summed E-state index contributed by atoms with van der Waals surface area (Å²) in [5.41, 5.74) is 4.62. The Labute approximate surface area is 177 Å². The van der Waals surface area contributed by atoms with Gasteiger partial charge in [0.1, 0.15) is 0 Å². The van der Waals surface area contributed by atoms with Crippen LogP contribution < -0.4 is 9.62 Å². The molecule has 1 aliphatic heterocycles. The summed E-state index contributed by atoms with van der Waals surface area (Å²) in [5, 5.41) is 0. The van der Waals surface area contributed by atoms with E-state index in [9.17, 15) is 13.2 Å². The Bertz CT molecular complexity index is 1180. The highest BCUT2D eigenvalue weighted by Crippen LogP contribution is 2.32. The number of nitrogens with one attached hydrogen (secondary N) is 1. The number of carbonyl (C=O) groups excluding carboxylic acids is 1. The molecule has 0 spiro atoms. The molecule has 5 nitrogen and oxygen atoms in total. The van der Waals surface area contributed by atoms with Gasteiger partial charge in [-0.05, 0) is 73.7 Å². The van der Waals surface area contributed by atoms with Crippen molar-refractivity contribution in [2.75, 3.05) is 16.2 Å². The van der Waals surface area contributed by atoms with Crippen LogP contribution in [0.2, 0.25) is 0 Å². The van der Waals surface area contributed by atoms with Crippen LogP contribution in [0.5, 0.6) is 0 Å². The minimum atomic E-state index is -3.74. The molecule has 1 heterocycles. The van der Waals surface area contributed by atoms with E-state index in [0.29, 0.717) is 17.8 Å². The monoisotopic (exact) mass is 420 g/mol. The molecule has 0 aliphatic carbocycles. The second-order valence-corrected chi connectivity index (χ2v) is 9.27. The largest absolute Gasteiger partial charge is 0.308 e. The van der Waals surface area contributed by atoms with Crippen LogP contribution in [0.3, 0.4) is 0 Å². The van der Waals surface area contributed by atoms with Crippen molar-refractivity contribution in [2.45, 2.75) is 31.6 Å². The van der Waals surface area contributed by atoms with Gasteiger partial charge in [-0.2, -0.15) is 0 Å². The fraction of sp³-hybridized carbons (Fsp3) is 0.208. The summed E-state index contributed by atoms with van der Waals surface area (Å²) in [6, 6.07) is 19.8. The number of nitrogens with zero attached hydrogens (tertiary/aromatic N) is 1. The molecule has 0 fully saturated rings. The number of benzene rings is 3. The standard InChI is InChI=1S/C24H24N2O3S/c1-17-8-6-9-18(2)23(17)25-30(28,29)21-13-14-22-20(16-21)12-7-15-26(22)24(27)19-10-4-3-5-11-19/h3-6,8-11,13-14,16,25H,7,12,15H2,1-2H3. The molecule has 0 unspecified atom stereocenters. The Morgan fingerprint density at radius 2 is 1.63 bits per heavy atom. The molecule has 30 heavy (non-hydrogen) atoms. The molecule has 4 rings (SSSR count). The highest BCUT2D eigenvalue weighted by molar-refractivity contribution is 7.92. The average Bonchev–Trinajstić information content (AvgIpc) is 2.75. The summed E-state index contributed by atoms with van der Waals surface area (Å²) in [5.74, 6) is -0.0687. The number of aryl methyl sites for hydroxylation is 3. The minimum Gasteiger partial charge on any atom is -0.308 e.